The summed E-state index contributed by atoms with van der Waals surface area (Å²) in [4.78, 5) is 16.2. The predicted octanol–water partition coefficient (Wildman–Crippen LogP) is 3.04. The smallest absolute Gasteiger partial charge is 0.255 e. The number of carbonyl (C=O) groups excluding carboxylic acids is 1. The number of pyridine rings is 1. The van der Waals surface area contributed by atoms with Gasteiger partial charge in [0.25, 0.3) is 5.91 Å². The first kappa shape index (κ1) is 13.5. The van der Waals surface area contributed by atoms with Crippen molar-refractivity contribution in [3.8, 4) is 5.75 Å². The van der Waals surface area contributed by atoms with Crippen LogP contribution in [0, 0.1) is 0 Å². The monoisotopic (exact) mass is 320 g/mol. The average Bonchev–Trinajstić information content (AvgIpc) is 2.39. The topological polar surface area (TPSA) is 62.2 Å². The van der Waals surface area contributed by atoms with Crippen molar-refractivity contribution in [2.75, 3.05) is 0 Å². The first-order valence-electron chi connectivity index (χ1n) is 5.78. The Morgan fingerprint density at radius 1 is 1.37 bits per heavy atom. The van der Waals surface area contributed by atoms with Crippen molar-refractivity contribution in [1.82, 2.24) is 10.3 Å². The van der Waals surface area contributed by atoms with Gasteiger partial charge < -0.3 is 10.4 Å². The summed E-state index contributed by atoms with van der Waals surface area (Å²) >= 11 is 3.23. The third-order valence-electron chi connectivity index (χ3n) is 2.68. The van der Waals surface area contributed by atoms with E-state index < -0.39 is 0 Å². The van der Waals surface area contributed by atoms with Crippen LogP contribution in [0.15, 0.2) is 47.1 Å². The number of aromatic hydroxyl groups is 1. The van der Waals surface area contributed by atoms with Gasteiger partial charge >= 0.3 is 0 Å². The standard InChI is InChI=1S/C14H13BrN2O2/c1-9(12-4-2-3-7-16-12)17-14(19)11-6-5-10(15)8-13(11)18/h2-9,18H,1H3,(H,17,19). The van der Waals surface area contributed by atoms with Crippen LogP contribution < -0.4 is 5.32 Å². The van der Waals surface area contributed by atoms with Crippen LogP contribution in [0.2, 0.25) is 0 Å². The van der Waals surface area contributed by atoms with Gasteiger partial charge in [-0.05, 0) is 37.3 Å². The Bertz CT molecular complexity index is 587. The average molecular weight is 321 g/mol. The maximum absolute atomic E-state index is 12.0. The number of phenols is 1. The minimum atomic E-state index is -0.330. The molecule has 0 radical (unpaired) electrons. The van der Waals surface area contributed by atoms with Crippen molar-refractivity contribution in [3.05, 3.63) is 58.3 Å². The SMILES string of the molecule is CC(NC(=O)c1ccc(Br)cc1O)c1ccccn1. The Kier molecular flexibility index (Phi) is 4.16. The summed E-state index contributed by atoms with van der Waals surface area (Å²) < 4.78 is 0.722. The van der Waals surface area contributed by atoms with E-state index in [0.29, 0.717) is 0 Å². The molecule has 2 aromatic rings. The lowest BCUT2D eigenvalue weighted by Crippen LogP contribution is -2.27. The quantitative estimate of drug-likeness (QED) is 0.913. The minimum absolute atomic E-state index is 0.0555. The van der Waals surface area contributed by atoms with E-state index in [9.17, 15) is 9.90 Å². The lowest BCUT2D eigenvalue weighted by Gasteiger charge is -2.14. The van der Waals surface area contributed by atoms with Crippen LogP contribution in [-0.2, 0) is 0 Å². The van der Waals surface area contributed by atoms with Crippen molar-refractivity contribution in [2.45, 2.75) is 13.0 Å². The molecule has 0 aliphatic carbocycles. The number of amides is 1. The summed E-state index contributed by atoms with van der Waals surface area (Å²) in [5.41, 5.74) is 1.01. The molecule has 2 rings (SSSR count). The van der Waals surface area contributed by atoms with Crippen LogP contribution >= 0.6 is 15.9 Å². The summed E-state index contributed by atoms with van der Waals surface area (Å²) in [6.45, 7) is 1.84. The lowest BCUT2D eigenvalue weighted by molar-refractivity contribution is 0.0936. The normalized spacial score (nSPS) is 11.9. The molecular formula is C14H13BrN2O2. The number of aromatic nitrogens is 1. The number of rotatable bonds is 3. The van der Waals surface area contributed by atoms with Crippen LogP contribution in [0.5, 0.6) is 5.75 Å². The van der Waals surface area contributed by atoms with E-state index in [0.717, 1.165) is 10.2 Å². The summed E-state index contributed by atoms with van der Waals surface area (Å²) in [5, 5.41) is 12.5. The number of benzene rings is 1. The van der Waals surface area contributed by atoms with Gasteiger partial charge in [-0.1, -0.05) is 22.0 Å². The first-order valence-corrected chi connectivity index (χ1v) is 6.57. The fraction of sp³-hybridized carbons (Fsp3) is 0.143. The molecule has 0 bridgehead atoms. The number of carbonyl (C=O) groups is 1. The van der Waals surface area contributed by atoms with Crippen LogP contribution in [0.4, 0.5) is 0 Å². The van der Waals surface area contributed by atoms with E-state index in [1.165, 1.54) is 6.07 Å². The lowest BCUT2D eigenvalue weighted by atomic mass is 10.1. The molecule has 0 aliphatic heterocycles. The molecule has 1 atom stereocenters. The summed E-state index contributed by atoms with van der Waals surface area (Å²) in [5.74, 6) is -0.386. The fourth-order valence-electron chi connectivity index (χ4n) is 1.68. The van der Waals surface area contributed by atoms with Crippen molar-refractivity contribution >= 4 is 21.8 Å². The number of phenolic OH excluding ortho intramolecular Hbond substituents is 1. The molecule has 1 unspecified atom stereocenters. The molecule has 0 saturated heterocycles. The zero-order valence-corrected chi connectivity index (χ0v) is 11.9. The van der Waals surface area contributed by atoms with Gasteiger partial charge in [-0.25, -0.2) is 0 Å². The molecular weight excluding hydrogens is 308 g/mol. The van der Waals surface area contributed by atoms with Crippen molar-refractivity contribution in [1.29, 1.82) is 0 Å². The van der Waals surface area contributed by atoms with Gasteiger partial charge in [0.2, 0.25) is 0 Å². The second kappa shape index (κ2) is 5.84. The number of hydrogen-bond acceptors (Lipinski definition) is 3. The zero-order valence-electron chi connectivity index (χ0n) is 10.3. The highest BCUT2D eigenvalue weighted by Gasteiger charge is 2.15. The third-order valence-corrected chi connectivity index (χ3v) is 3.18. The molecule has 1 aromatic carbocycles. The maximum Gasteiger partial charge on any atom is 0.255 e. The van der Waals surface area contributed by atoms with E-state index in [1.807, 2.05) is 25.1 Å². The highest BCUT2D eigenvalue weighted by molar-refractivity contribution is 9.10. The van der Waals surface area contributed by atoms with E-state index >= 15 is 0 Å². The molecule has 2 N–H and O–H groups in total. The van der Waals surface area contributed by atoms with Gasteiger partial charge in [0.1, 0.15) is 5.75 Å². The van der Waals surface area contributed by atoms with Gasteiger partial charge in [-0.15, -0.1) is 0 Å². The number of halogens is 1. The Morgan fingerprint density at radius 2 is 2.16 bits per heavy atom. The molecule has 0 fully saturated rings. The minimum Gasteiger partial charge on any atom is -0.507 e. The Hall–Kier alpha value is -1.88. The Morgan fingerprint density at radius 3 is 2.79 bits per heavy atom. The fourth-order valence-corrected chi connectivity index (χ4v) is 2.03. The molecule has 98 valence electrons. The van der Waals surface area contributed by atoms with Crippen LogP contribution in [0.1, 0.15) is 29.0 Å². The molecule has 0 aliphatic rings. The van der Waals surface area contributed by atoms with Gasteiger partial charge in [0, 0.05) is 10.7 Å². The maximum atomic E-state index is 12.0. The van der Waals surface area contributed by atoms with E-state index in [-0.39, 0.29) is 23.3 Å². The summed E-state index contributed by atoms with van der Waals surface area (Å²) in [7, 11) is 0. The zero-order chi connectivity index (χ0) is 13.8. The Balaban J connectivity index is 2.13. The molecule has 4 nitrogen and oxygen atoms in total. The highest BCUT2D eigenvalue weighted by atomic mass is 79.9. The molecule has 1 amide bonds. The second-order valence-corrected chi connectivity index (χ2v) is 5.03. The van der Waals surface area contributed by atoms with Crippen LogP contribution in [0.25, 0.3) is 0 Å². The first-order chi connectivity index (χ1) is 9.08. The number of nitrogens with one attached hydrogen (secondary N) is 1. The van der Waals surface area contributed by atoms with Gasteiger partial charge in [-0.3, -0.25) is 9.78 Å². The van der Waals surface area contributed by atoms with Crippen LogP contribution in [-0.4, -0.2) is 16.0 Å². The largest absolute Gasteiger partial charge is 0.507 e. The molecule has 19 heavy (non-hydrogen) atoms. The van der Waals surface area contributed by atoms with E-state index in [2.05, 4.69) is 26.2 Å². The number of nitrogens with zero attached hydrogens (tertiary/aromatic N) is 1. The van der Waals surface area contributed by atoms with Gasteiger partial charge in [0.05, 0.1) is 17.3 Å². The predicted molar refractivity (Wildman–Crippen MR) is 75.9 cm³/mol. The van der Waals surface area contributed by atoms with Gasteiger partial charge in [0.15, 0.2) is 0 Å². The van der Waals surface area contributed by atoms with Crippen molar-refractivity contribution in [2.24, 2.45) is 0 Å². The highest BCUT2D eigenvalue weighted by Crippen LogP contribution is 2.22. The van der Waals surface area contributed by atoms with E-state index in [4.69, 9.17) is 0 Å². The summed E-state index contributed by atoms with van der Waals surface area (Å²) in [6.07, 6.45) is 1.68. The summed E-state index contributed by atoms with van der Waals surface area (Å²) in [6, 6.07) is 10.1. The van der Waals surface area contributed by atoms with Crippen LogP contribution in [0.3, 0.4) is 0 Å². The van der Waals surface area contributed by atoms with Crippen molar-refractivity contribution < 1.29 is 9.90 Å². The number of hydrogen-bond donors (Lipinski definition) is 2. The van der Waals surface area contributed by atoms with Gasteiger partial charge in [-0.2, -0.15) is 0 Å². The Labute approximate surface area is 119 Å². The second-order valence-electron chi connectivity index (χ2n) is 4.11. The molecule has 0 spiro atoms. The molecule has 5 heteroatoms. The van der Waals surface area contributed by atoms with E-state index in [1.54, 1.807) is 18.3 Å². The third kappa shape index (κ3) is 3.32. The van der Waals surface area contributed by atoms with Crippen molar-refractivity contribution in [3.63, 3.8) is 0 Å². The molecule has 1 aromatic heterocycles. The molecule has 1 heterocycles. The molecule has 0 saturated carbocycles.